The standard InChI is InChI=1S/C19H21F2NO5/c1-11-7-14(18(20)21)17(8-12(11)2)27-10-15-13(9-23)5-4-6-16(15)22(25)19(24)26-3/h4-8,18,23,25H,9-10H2,1-3H3. The van der Waals surface area contributed by atoms with Gasteiger partial charge in [-0.2, -0.15) is 5.06 Å². The summed E-state index contributed by atoms with van der Waals surface area (Å²) in [5.74, 6) is -0.00523. The SMILES string of the molecule is COC(=O)N(O)c1cccc(CO)c1COc1cc(C)c(C)cc1C(F)F. The van der Waals surface area contributed by atoms with Gasteiger partial charge in [-0.15, -0.1) is 0 Å². The topological polar surface area (TPSA) is 79.2 Å². The number of anilines is 1. The van der Waals surface area contributed by atoms with E-state index in [0.29, 0.717) is 11.1 Å². The van der Waals surface area contributed by atoms with Crippen LogP contribution in [0.3, 0.4) is 0 Å². The highest BCUT2D eigenvalue weighted by Gasteiger charge is 2.21. The molecule has 146 valence electrons. The van der Waals surface area contributed by atoms with Crippen molar-refractivity contribution in [3.63, 3.8) is 0 Å². The van der Waals surface area contributed by atoms with E-state index in [0.717, 1.165) is 12.7 Å². The van der Waals surface area contributed by atoms with Crippen LogP contribution in [0.2, 0.25) is 0 Å². The number of alkyl halides is 2. The monoisotopic (exact) mass is 381 g/mol. The zero-order chi connectivity index (χ0) is 20.1. The van der Waals surface area contributed by atoms with E-state index in [1.54, 1.807) is 19.9 Å². The lowest BCUT2D eigenvalue weighted by Crippen LogP contribution is -2.28. The second-order valence-corrected chi connectivity index (χ2v) is 5.92. The highest BCUT2D eigenvalue weighted by Crippen LogP contribution is 2.33. The minimum Gasteiger partial charge on any atom is -0.488 e. The summed E-state index contributed by atoms with van der Waals surface area (Å²) in [4.78, 5) is 11.6. The Morgan fingerprint density at radius 2 is 1.89 bits per heavy atom. The Labute approximate surface area is 155 Å². The van der Waals surface area contributed by atoms with Crippen molar-refractivity contribution in [2.75, 3.05) is 12.2 Å². The molecule has 0 unspecified atom stereocenters. The number of amides is 1. The second kappa shape index (κ2) is 8.79. The number of aryl methyl sites for hydroxylation is 2. The number of carbonyl (C=O) groups is 1. The van der Waals surface area contributed by atoms with Crippen LogP contribution in [0.25, 0.3) is 0 Å². The molecule has 6 nitrogen and oxygen atoms in total. The summed E-state index contributed by atoms with van der Waals surface area (Å²) in [5.41, 5.74) is 1.90. The number of hydrogen-bond acceptors (Lipinski definition) is 5. The van der Waals surface area contributed by atoms with Gasteiger partial charge >= 0.3 is 6.09 Å². The Balaban J connectivity index is 2.41. The Kier molecular flexibility index (Phi) is 6.70. The fraction of sp³-hybridized carbons (Fsp3) is 0.316. The zero-order valence-corrected chi connectivity index (χ0v) is 15.2. The Bertz CT molecular complexity index is 826. The van der Waals surface area contributed by atoms with E-state index in [-0.39, 0.29) is 34.2 Å². The predicted octanol–water partition coefficient (Wildman–Crippen LogP) is 4.27. The molecule has 0 fully saturated rings. The maximum atomic E-state index is 13.3. The lowest BCUT2D eigenvalue weighted by atomic mass is 10.0. The van der Waals surface area contributed by atoms with E-state index in [9.17, 15) is 23.9 Å². The molecule has 0 bridgehead atoms. The third kappa shape index (κ3) is 4.53. The summed E-state index contributed by atoms with van der Waals surface area (Å²) in [5, 5.41) is 19.8. The number of rotatable bonds is 6. The maximum Gasteiger partial charge on any atom is 0.438 e. The predicted molar refractivity (Wildman–Crippen MR) is 94.2 cm³/mol. The first-order valence-corrected chi connectivity index (χ1v) is 8.10. The molecule has 2 rings (SSSR count). The first-order chi connectivity index (χ1) is 12.8. The van der Waals surface area contributed by atoms with Gasteiger partial charge in [-0.3, -0.25) is 5.21 Å². The number of halogens is 2. The molecule has 2 N–H and O–H groups in total. The van der Waals surface area contributed by atoms with Gasteiger partial charge in [0.05, 0.1) is 25.0 Å². The molecule has 8 heteroatoms. The van der Waals surface area contributed by atoms with Crippen LogP contribution in [-0.2, 0) is 18.0 Å². The summed E-state index contributed by atoms with van der Waals surface area (Å²) in [7, 11) is 1.10. The first-order valence-electron chi connectivity index (χ1n) is 8.10. The summed E-state index contributed by atoms with van der Waals surface area (Å²) in [6.07, 6.45) is -3.76. The van der Waals surface area contributed by atoms with Crippen molar-refractivity contribution in [1.82, 2.24) is 0 Å². The molecular weight excluding hydrogens is 360 g/mol. The molecule has 0 atom stereocenters. The van der Waals surface area contributed by atoms with Gasteiger partial charge in [0.1, 0.15) is 12.4 Å². The van der Waals surface area contributed by atoms with E-state index < -0.39 is 19.1 Å². The number of hydrogen-bond donors (Lipinski definition) is 2. The van der Waals surface area contributed by atoms with Gasteiger partial charge < -0.3 is 14.6 Å². The van der Waals surface area contributed by atoms with E-state index in [4.69, 9.17) is 4.74 Å². The molecule has 0 spiro atoms. The van der Waals surface area contributed by atoms with E-state index in [2.05, 4.69) is 4.74 Å². The van der Waals surface area contributed by atoms with Crippen LogP contribution in [0.15, 0.2) is 30.3 Å². The Morgan fingerprint density at radius 3 is 2.48 bits per heavy atom. The van der Waals surface area contributed by atoms with E-state index in [1.807, 2.05) is 0 Å². The lowest BCUT2D eigenvalue weighted by molar-refractivity contribution is 0.140. The fourth-order valence-electron chi connectivity index (χ4n) is 2.58. The normalized spacial score (nSPS) is 10.8. The summed E-state index contributed by atoms with van der Waals surface area (Å²) >= 11 is 0. The molecule has 0 heterocycles. The molecule has 0 aliphatic rings. The second-order valence-electron chi connectivity index (χ2n) is 5.92. The number of benzene rings is 2. The van der Waals surface area contributed by atoms with Crippen LogP contribution in [0.1, 0.15) is 34.2 Å². The highest BCUT2D eigenvalue weighted by atomic mass is 19.3. The largest absolute Gasteiger partial charge is 0.488 e. The average molecular weight is 381 g/mol. The van der Waals surface area contributed by atoms with Crippen LogP contribution in [0.4, 0.5) is 19.3 Å². The van der Waals surface area contributed by atoms with Crippen molar-refractivity contribution >= 4 is 11.8 Å². The molecule has 1 amide bonds. The van der Waals surface area contributed by atoms with Gasteiger partial charge in [0, 0.05) is 5.56 Å². The highest BCUT2D eigenvalue weighted by molar-refractivity contribution is 5.86. The summed E-state index contributed by atoms with van der Waals surface area (Å²) in [6.45, 7) is 2.86. The van der Waals surface area contributed by atoms with Gasteiger partial charge in [0.2, 0.25) is 0 Å². The van der Waals surface area contributed by atoms with Crippen LogP contribution >= 0.6 is 0 Å². The molecule has 0 saturated heterocycles. The van der Waals surface area contributed by atoms with Crippen molar-refractivity contribution in [2.24, 2.45) is 0 Å². The summed E-state index contributed by atoms with van der Waals surface area (Å²) in [6, 6.07) is 7.39. The number of carbonyl (C=O) groups excluding carboxylic acids is 1. The van der Waals surface area contributed by atoms with E-state index >= 15 is 0 Å². The number of nitrogens with zero attached hydrogens (tertiary/aromatic N) is 1. The molecular formula is C19H21F2NO5. The fourth-order valence-corrected chi connectivity index (χ4v) is 2.58. The van der Waals surface area contributed by atoms with Crippen molar-refractivity contribution in [3.8, 4) is 5.75 Å². The smallest absolute Gasteiger partial charge is 0.438 e. The molecule has 2 aromatic rings. The van der Waals surface area contributed by atoms with Gasteiger partial charge in [0.15, 0.2) is 0 Å². The van der Waals surface area contributed by atoms with Crippen LogP contribution in [0.5, 0.6) is 5.75 Å². The lowest BCUT2D eigenvalue weighted by Gasteiger charge is -2.20. The molecule has 0 aromatic heterocycles. The van der Waals surface area contributed by atoms with Gasteiger partial charge in [-0.1, -0.05) is 12.1 Å². The van der Waals surface area contributed by atoms with Crippen LogP contribution in [-0.4, -0.2) is 23.5 Å². The van der Waals surface area contributed by atoms with Crippen molar-refractivity contribution < 1.29 is 33.4 Å². The number of hydroxylamine groups is 1. The summed E-state index contributed by atoms with van der Waals surface area (Å²) < 4.78 is 36.7. The first kappa shape index (κ1) is 20.6. The van der Waals surface area contributed by atoms with Crippen LogP contribution in [0, 0.1) is 13.8 Å². The van der Waals surface area contributed by atoms with Crippen molar-refractivity contribution in [1.29, 1.82) is 0 Å². The Morgan fingerprint density at radius 1 is 1.22 bits per heavy atom. The third-order valence-corrected chi connectivity index (χ3v) is 4.23. The van der Waals surface area contributed by atoms with Gasteiger partial charge in [-0.25, -0.2) is 13.6 Å². The molecule has 0 aliphatic heterocycles. The van der Waals surface area contributed by atoms with Crippen molar-refractivity contribution in [3.05, 3.63) is 58.1 Å². The zero-order valence-electron chi connectivity index (χ0n) is 15.2. The third-order valence-electron chi connectivity index (χ3n) is 4.23. The van der Waals surface area contributed by atoms with Gasteiger partial charge in [0.25, 0.3) is 6.43 Å². The number of ether oxygens (including phenoxy) is 2. The quantitative estimate of drug-likeness (QED) is 0.577. The van der Waals surface area contributed by atoms with Gasteiger partial charge in [-0.05, 0) is 48.7 Å². The Hall–Kier alpha value is -2.71. The number of methoxy groups -OCH3 is 1. The molecule has 0 saturated carbocycles. The van der Waals surface area contributed by atoms with Crippen LogP contribution < -0.4 is 9.80 Å². The maximum absolute atomic E-state index is 13.3. The van der Waals surface area contributed by atoms with Crippen molar-refractivity contribution in [2.45, 2.75) is 33.5 Å². The average Bonchev–Trinajstić information content (AvgIpc) is 2.66. The molecule has 2 aromatic carbocycles. The molecule has 0 radical (unpaired) electrons. The molecule has 0 aliphatic carbocycles. The van der Waals surface area contributed by atoms with E-state index in [1.165, 1.54) is 24.3 Å². The number of aliphatic hydroxyl groups excluding tert-OH is 1. The molecule has 27 heavy (non-hydrogen) atoms. The minimum absolute atomic E-state index is 0.00523. The minimum atomic E-state index is -2.73. The number of aliphatic hydroxyl groups is 1.